The van der Waals surface area contributed by atoms with Crippen LogP contribution < -0.4 is 10.6 Å². The summed E-state index contributed by atoms with van der Waals surface area (Å²) in [5.41, 5.74) is -0.911. The van der Waals surface area contributed by atoms with Gasteiger partial charge in [0.05, 0.1) is 0 Å². The molecule has 0 aromatic heterocycles. The van der Waals surface area contributed by atoms with Crippen LogP contribution in [0.1, 0.15) is 67.2 Å². The molecule has 130 valence electrons. The molecule has 0 unspecified atom stereocenters. The molecule has 0 radical (unpaired) electrons. The molecule has 0 aliphatic carbocycles. The number of halogens is 1. The Morgan fingerprint density at radius 3 is 2.09 bits per heavy atom. The number of nitrogens with one attached hydrogen (secondary N) is 2. The zero-order valence-electron chi connectivity index (χ0n) is 14.7. The van der Waals surface area contributed by atoms with Crippen LogP contribution in [0, 0.1) is 0 Å². The Morgan fingerprint density at radius 2 is 1.64 bits per heavy atom. The van der Waals surface area contributed by atoms with Crippen LogP contribution in [0.3, 0.4) is 0 Å². The quantitative estimate of drug-likeness (QED) is 0.523. The highest BCUT2D eigenvalue weighted by Gasteiger charge is 2.26. The number of ether oxygens (including phenoxy) is 1. The minimum absolute atomic E-state index is 0.169. The second kappa shape index (κ2) is 9.38. The van der Waals surface area contributed by atoms with E-state index in [1.807, 2.05) is 20.8 Å². The summed E-state index contributed by atoms with van der Waals surface area (Å²) < 4.78 is 5.24. The van der Waals surface area contributed by atoms with E-state index in [0.29, 0.717) is 6.42 Å². The van der Waals surface area contributed by atoms with Gasteiger partial charge in [-0.3, -0.25) is 4.79 Å². The Morgan fingerprint density at radius 1 is 1.05 bits per heavy atom. The van der Waals surface area contributed by atoms with Crippen LogP contribution >= 0.6 is 15.9 Å². The standard InChI is InChI=1S/C16H31BrN2O3/c1-15(2,3)19-13(20)12(10-8-7-9-11-17)18-14(21)22-16(4,5)6/h12H,7-11H2,1-6H3,(H,18,21)(H,19,20)/t12-/m0/s1. The second-order valence-corrected chi connectivity index (χ2v) is 8.27. The van der Waals surface area contributed by atoms with Gasteiger partial charge in [-0.15, -0.1) is 0 Å². The fraction of sp³-hybridized carbons (Fsp3) is 0.875. The molecule has 2 N–H and O–H groups in total. The van der Waals surface area contributed by atoms with E-state index in [2.05, 4.69) is 26.6 Å². The highest BCUT2D eigenvalue weighted by molar-refractivity contribution is 9.09. The highest BCUT2D eigenvalue weighted by atomic mass is 79.9. The number of rotatable bonds is 7. The summed E-state index contributed by atoms with van der Waals surface area (Å²) in [5, 5.41) is 6.55. The van der Waals surface area contributed by atoms with Gasteiger partial charge in [-0.05, 0) is 54.4 Å². The first-order chi connectivity index (χ1) is 9.94. The van der Waals surface area contributed by atoms with E-state index >= 15 is 0 Å². The molecule has 1 atom stereocenters. The first-order valence-electron chi connectivity index (χ1n) is 7.82. The molecule has 6 heteroatoms. The van der Waals surface area contributed by atoms with E-state index in [-0.39, 0.29) is 11.4 Å². The lowest BCUT2D eigenvalue weighted by molar-refractivity contribution is -0.124. The molecule has 2 amide bonds. The zero-order valence-corrected chi connectivity index (χ0v) is 16.3. The van der Waals surface area contributed by atoms with E-state index < -0.39 is 17.7 Å². The molecule has 0 aromatic rings. The normalized spacial score (nSPS) is 13.4. The smallest absolute Gasteiger partial charge is 0.408 e. The third-order valence-electron chi connectivity index (χ3n) is 2.63. The Bertz CT molecular complexity index is 359. The molecule has 0 fully saturated rings. The molecule has 5 nitrogen and oxygen atoms in total. The van der Waals surface area contributed by atoms with Crippen molar-refractivity contribution in [3.8, 4) is 0 Å². The number of hydrogen-bond acceptors (Lipinski definition) is 3. The predicted molar refractivity (Wildman–Crippen MR) is 93.3 cm³/mol. The van der Waals surface area contributed by atoms with Gasteiger partial charge in [-0.1, -0.05) is 28.8 Å². The molecule has 0 aliphatic heterocycles. The van der Waals surface area contributed by atoms with E-state index in [1.54, 1.807) is 20.8 Å². The summed E-state index contributed by atoms with van der Waals surface area (Å²) in [6.07, 6.45) is 3.00. The SMILES string of the molecule is CC(C)(C)NC(=O)[C@H](CCCCCBr)NC(=O)OC(C)(C)C. The average molecular weight is 379 g/mol. The largest absolute Gasteiger partial charge is 0.444 e. The topological polar surface area (TPSA) is 67.4 Å². The molecule has 0 saturated carbocycles. The molecule has 0 aromatic carbocycles. The average Bonchev–Trinajstić information content (AvgIpc) is 2.28. The second-order valence-electron chi connectivity index (χ2n) is 7.48. The van der Waals surface area contributed by atoms with Crippen molar-refractivity contribution in [3.63, 3.8) is 0 Å². The molecule has 22 heavy (non-hydrogen) atoms. The zero-order chi connectivity index (χ0) is 17.4. The van der Waals surface area contributed by atoms with Crippen LogP contribution in [-0.2, 0) is 9.53 Å². The molecule has 0 heterocycles. The third-order valence-corrected chi connectivity index (χ3v) is 3.19. The van der Waals surface area contributed by atoms with Crippen molar-refractivity contribution in [1.29, 1.82) is 0 Å². The van der Waals surface area contributed by atoms with Gasteiger partial charge >= 0.3 is 6.09 Å². The van der Waals surface area contributed by atoms with E-state index in [4.69, 9.17) is 4.74 Å². The van der Waals surface area contributed by atoms with Crippen molar-refractivity contribution in [2.75, 3.05) is 5.33 Å². The predicted octanol–water partition coefficient (Wildman–Crippen LogP) is 3.75. The van der Waals surface area contributed by atoms with E-state index in [9.17, 15) is 9.59 Å². The summed E-state index contributed by atoms with van der Waals surface area (Å²) >= 11 is 3.39. The van der Waals surface area contributed by atoms with Gasteiger partial charge in [0.2, 0.25) is 5.91 Å². The molecule has 0 aliphatic rings. The minimum atomic E-state index is -0.578. The summed E-state index contributed by atoms with van der Waals surface area (Å²) in [5.74, 6) is -0.169. The fourth-order valence-electron chi connectivity index (χ4n) is 1.80. The van der Waals surface area contributed by atoms with Crippen LogP contribution in [0.25, 0.3) is 0 Å². The molecule has 0 bridgehead atoms. The van der Waals surface area contributed by atoms with Crippen LogP contribution in [-0.4, -0.2) is 34.5 Å². The number of alkyl carbamates (subject to hydrolysis) is 1. The molecular formula is C16H31BrN2O3. The number of hydrogen-bond donors (Lipinski definition) is 2. The summed E-state index contributed by atoms with van der Waals surface area (Å²) in [7, 11) is 0. The van der Waals surface area contributed by atoms with Crippen molar-refractivity contribution in [3.05, 3.63) is 0 Å². The number of carbonyl (C=O) groups is 2. The van der Waals surface area contributed by atoms with Gasteiger partial charge in [0.1, 0.15) is 11.6 Å². The highest BCUT2D eigenvalue weighted by Crippen LogP contribution is 2.10. The van der Waals surface area contributed by atoms with Gasteiger partial charge in [0, 0.05) is 10.9 Å². The Balaban J connectivity index is 4.64. The van der Waals surface area contributed by atoms with E-state index in [0.717, 1.165) is 24.6 Å². The molecule has 0 saturated heterocycles. The van der Waals surface area contributed by atoms with Crippen molar-refractivity contribution in [2.24, 2.45) is 0 Å². The maximum atomic E-state index is 12.3. The molecule has 0 rings (SSSR count). The van der Waals surface area contributed by atoms with Gasteiger partial charge in [-0.25, -0.2) is 4.79 Å². The Kier molecular flexibility index (Phi) is 9.05. The first kappa shape index (κ1) is 21.2. The van der Waals surface area contributed by atoms with Crippen LogP contribution in [0.4, 0.5) is 4.79 Å². The molecule has 0 spiro atoms. The van der Waals surface area contributed by atoms with Crippen molar-refractivity contribution in [2.45, 2.75) is 84.4 Å². The van der Waals surface area contributed by atoms with Crippen LogP contribution in [0.5, 0.6) is 0 Å². The van der Waals surface area contributed by atoms with Crippen molar-refractivity contribution < 1.29 is 14.3 Å². The lowest BCUT2D eigenvalue weighted by atomic mass is 10.0. The van der Waals surface area contributed by atoms with Crippen LogP contribution in [0.15, 0.2) is 0 Å². The van der Waals surface area contributed by atoms with Gasteiger partial charge in [0.15, 0.2) is 0 Å². The van der Waals surface area contributed by atoms with Crippen LogP contribution in [0.2, 0.25) is 0 Å². The third kappa shape index (κ3) is 11.8. The number of amides is 2. The van der Waals surface area contributed by atoms with Crippen molar-refractivity contribution >= 4 is 27.9 Å². The monoisotopic (exact) mass is 378 g/mol. The van der Waals surface area contributed by atoms with E-state index in [1.165, 1.54) is 0 Å². The Labute approximate surface area is 143 Å². The molecular weight excluding hydrogens is 348 g/mol. The van der Waals surface area contributed by atoms with Gasteiger partial charge in [-0.2, -0.15) is 0 Å². The van der Waals surface area contributed by atoms with Gasteiger partial charge < -0.3 is 15.4 Å². The van der Waals surface area contributed by atoms with Crippen molar-refractivity contribution in [1.82, 2.24) is 10.6 Å². The summed E-state index contributed by atoms with van der Waals surface area (Å²) in [4.78, 5) is 24.2. The maximum absolute atomic E-state index is 12.3. The Hall–Kier alpha value is -0.780. The first-order valence-corrected chi connectivity index (χ1v) is 8.94. The fourth-order valence-corrected chi connectivity index (χ4v) is 2.19. The number of alkyl halides is 1. The minimum Gasteiger partial charge on any atom is -0.444 e. The van der Waals surface area contributed by atoms with Gasteiger partial charge in [0.25, 0.3) is 0 Å². The summed E-state index contributed by atoms with van der Waals surface area (Å²) in [6.45, 7) is 11.1. The lowest BCUT2D eigenvalue weighted by Crippen LogP contribution is -2.52. The number of unbranched alkanes of at least 4 members (excludes halogenated alkanes) is 2. The lowest BCUT2D eigenvalue weighted by Gasteiger charge is -2.27. The maximum Gasteiger partial charge on any atom is 0.408 e. The summed E-state index contributed by atoms with van der Waals surface area (Å²) in [6, 6.07) is -0.565. The number of carbonyl (C=O) groups excluding carboxylic acids is 2.